The number of alkyl halides is 3. The van der Waals surface area contributed by atoms with Crippen LogP contribution in [-0.4, -0.2) is 47.0 Å². The van der Waals surface area contributed by atoms with Crippen LogP contribution in [0, 0.1) is 11.8 Å². The Labute approximate surface area is 208 Å². The van der Waals surface area contributed by atoms with Gasteiger partial charge in [0.1, 0.15) is 11.6 Å². The first-order valence-corrected chi connectivity index (χ1v) is 12.4. The van der Waals surface area contributed by atoms with E-state index in [4.69, 9.17) is 16.3 Å². The molecule has 7 nitrogen and oxygen atoms in total. The second kappa shape index (κ2) is 12.0. The van der Waals surface area contributed by atoms with Crippen LogP contribution in [0.2, 0.25) is 5.02 Å². The van der Waals surface area contributed by atoms with Gasteiger partial charge < -0.3 is 15.4 Å². The molecule has 2 N–H and O–H groups in total. The number of halogens is 4. The number of aromatic nitrogens is 3. The minimum absolute atomic E-state index is 0.0674. The molecule has 2 aromatic rings. The number of rotatable bonds is 10. The van der Waals surface area contributed by atoms with Gasteiger partial charge in [-0.3, -0.25) is 9.48 Å². The van der Waals surface area contributed by atoms with Gasteiger partial charge in [-0.2, -0.15) is 18.3 Å². The highest BCUT2D eigenvalue weighted by Crippen LogP contribution is 2.37. The molecule has 2 heterocycles. The standard InChI is InChI=1S/C24H33ClF3N5O2/c1-4-33-22(17-14-30-19(12-18(17)35-3)29-11-5-10-24(26,27)28)20(25)21(32-33)23(34)31-13-16-8-6-15(2)7-9-16/h12,14-16H,4-11,13H2,1-3H3,(H,29,30)(H,31,34). The van der Waals surface area contributed by atoms with Gasteiger partial charge in [-0.1, -0.05) is 31.4 Å². The SMILES string of the molecule is CCn1nc(C(=O)NCC2CCC(C)CC2)c(Cl)c1-c1cnc(NCCCC(F)(F)F)cc1OC. The summed E-state index contributed by atoms with van der Waals surface area (Å²) in [5.41, 5.74) is 1.18. The third-order valence-electron chi connectivity index (χ3n) is 6.38. The van der Waals surface area contributed by atoms with Crippen LogP contribution in [0.3, 0.4) is 0 Å². The van der Waals surface area contributed by atoms with E-state index in [0.717, 1.165) is 18.8 Å². The Kier molecular flexibility index (Phi) is 9.27. The molecule has 0 aromatic carbocycles. The maximum Gasteiger partial charge on any atom is 0.389 e. The summed E-state index contributed by atoms with van der Waals surface area (Å²) in [6.45, 7) is 5.31. The average Bonchev–Trinajstić information content (AvgIpc) is 3.16. The van der Waals surface area contributed by atoms with Gasteiger partial charge >= 0.3 is 6.18 Å². The van der Waals surface area contributed by atoms with Gasteiger partial charge in [0.25, 0.3) is 5.91 Å². The van der Waals surface area contributed by atoms with Gasteiger partial charge in [0.05, 0.1) is 23.4 Å². The Morgan fingerprint density at radius 3 is 2.63 bits per heavy atom. The minimum atomic E-state index is -4.19. The highest BCUT2D eigenvalue weighted by Gasteiger charge is 2.27. The van der Waals surface area contributed by atoms with Crippen molar-refractivity contribution in [3.63, 3.8) is 0 Å². The predicted octanol–water partition coefficient (Wildman–Crippen LogP) is 5.94. The molecule has 1 saturated carbocycles. The molecule has 1 amide bonds. The van der Waals surface area contributed by atoms with Crippen LogP contribution in [0.1, 0.15) is 62.9 Å². The molecular formula is C24H33ClF3N5O2. The fourth-order valence-electron chi connectivity index (χ4n) is 4.31. The molecule has 0 radical (unpaired) electrons. The van der Waals surface area contributed by atoms with Crippen LogP contribution in [0.15, 0.2) is 12.3 Å². The van der Waals surface area contributed by atoms with Crippen molar-refractivity contribution in [1.29, 1.82) is 0 Å². The lowest BCUT2D eigenvalue weighted by Gasteiger charge is -2.26. The van der Waals surface area contributed by atoms with Crippen molar-refractivity contribution >= 4 is 23.3 Å². The van der Waals surface area contributed by atoms with Gasteiger partial charge in [-0.05, 0) is 38.0 Å². The van der Waals surface area contributed by atoms with E-state index in [0.29, 0.717) is 41.8 Å². The van der Waals surface area contributed by atoms with E-state index in [1.54, 1.807) is 10.7 Å². The molecule has 0 spiro atoms. The highest BCUT2D eigenvalue weighted by molar-refractivity contribution is 6.36. The Morgan fingerprint density at radius 1 is 1.29 bits per heavy atom. The van der Waals surface area contributed by atoms with Crippen molar-refractivity contribution < 1.29 is 22.7 Å². The Hall–Kier alpha value is -2.49. The monoisotopic (exact) mass is 515 g/mol. The molecule has 0 aliphatic heterocycles. The lowest BCUT2D eigenvalue weighted by Crippen LogP contribution is -2.31. The third kappa shape index (κ3) is 7.25. The van der Waals surface area contributed by atoms with Crippen molar-refractivity contribution in [2.24, 2.45) is 11.8 Å². The van der Waals surface area contributed by atoms with Gasteiger partial charge in [0, 0.05) is 38.3 Å². The molecular weight excluding hydrogens is 483 g/mol. The number of carbonyl (C=O) groups is 1. The molecule has 35 heavy (non-hydrogen) atoms. The van der Waals surface area contributed by atoms with E-state index in [1.165, 1.54) is 26.1 Å². The molecule has 0 bridgehead atoms. The molecule has 1 aliphatic rings. The zero-order chi connectivity index (χ0) is 25.6. The van der Waals surface area contributed by atoms with Crippen molar-refractivity contribution in [2.75, 3.05) is 25.5 Å². The number of methoxy groups -OCH3 is 1. The van der Waals surface area contributed by atoms with Gasteiger partial charge in [-0.25, -0.2) is 4.98 Å². The quantitative estimate of drug-likeness (QED) is 0.383. The van der Waals surface area contributed by atoms with E-state index in [-0.39, 0.29) is 29.6 Å². The summed E-state index contributed by atoms with van der Waals surface area (Å²) in [4.78, 5) is 17.2. The molecule has 0 unspecified atom stereocenters. The summed E-state index contributed by atoms with van der Waals surface area (Å²) in [6, 6.07) is 1.59. The summed E-state index contributed by atoms with van der Waals surface area (Å²) in [5.74, 6) is 1.67. The Bertz CT molecular complexity index is 1000. The van der Waals surface area contributed by atoms with Crippen LogP contribution >= 0.6 is 11.6 Å². The van der Waals surface area contributed by atoms with E-state index >= 15 is 0 Å². The van der Waals surface area contributed by atoms with E-state index < -0.39 is 12.6 Å². The number of nitrogens with zero attached hydrogens (tertiary/aromatic N) is 3. The van der Waals surface area contributed by atoms with E-state index in [9.17, 15) is 18.0 Å². The average molecular weight is 516 g/mol. The fraction of sp³-hybridized carbons (Fsp3) is 0.625. The molecule has 3 rings (SSSR count). The van der Waals surface area contributed by atoms with Crippen molar-refractivity contribution in [1.82, 2.24) is 20.1 Å². The van der Waals surface area contributed by atoms with Crippen molar-refractivity contribution in [3.8, 4) is 17.0 Å². The number of anilines is 1. The first kappa shape index (κ1) is 27.1. The molecule has 1 aliphatic carbocycles. The summed E-state index contributed by atoms with van der Waals surface area (Å²) < 4.78 is 44.2. The van der Waals surface area contributed by atoms with Crippen molar-refractivity contribution in [3.05, 3.63) is 23.0 Å². The number of hydrogen-bond acceptors (Lipinski definition) is 5. The first-order chi connectivity index (χ1) is 16.6. The number of carbonyl (C=O) groups excluding carboxylic acids is 1. The maximum atomic E-state index is 12.9. The third-order valence-corrected chi connectivity index (χ3v) is 6.74. The summed E-state index contributed by atoms with van der Waals surface area (Å²) in [5, 5.41) is 10.5. The predicted molar refractivity (Wildman–Crippen MR) is 130 cm³/mol. The van der Waals surface area contributed by atoms with Gasteiger partial charge in [0.15, 0.2) is 5.69 Å². The number of pyridine rings is 1. The van der Waals surface area contributed by atoms with Crippen molar-refractivity contribution in [2.45, 2.75) is 65.1 Å². The molecule has 194 valence electrons. The smallest absolute Gasteiger partial charge is 0.389 e. The molecule has 11 heteroatoms. The lowest BCUT2D eigenvalue weighted by atomic mass is 9.83. The van der Waals surface area contributed by atoms with Crippen LogP contribution < -0.4 is 15.4 Å². The second-order valence-corrected chi connectivity index (χ2v) is 9.46. The second-order valence-electron chi connectivity index (χ2n) is 9.08. The normalized spacial score (nSPS) is 18.4. The number of aryl methyl sites for hydroxylation is 1. The zero-order valence-corrected chi connectivity index (χ0v) is 21.1. The molecule has 0 saturated heterocycles. The highest BCUT2D eigenvalue weighted by atomic mass is 35.5. The number of hydrogen-bond donors (Lipinski definition) is 2. The number of nitrogens with one attached hydrogen (secondary N) is 2. The first-order valence-electron chi connectivity index (χ1n) is 12.0. The largest absolute Gasteiger partial charge is 0.496 e. The molecule has 0 atom stereocenters. The van der Waals surface area contributed by atoms with Crippen LogP contribution in [0.5, 0.6) is 5.75 Å². The summed E-state index contributed by atoms with van der Waals surface area (Å²) in [6.07, 6.45) is 0.946. The van der Waals surface area contributed by atoms with E-state index in [2.05, 4.69) is 27.6 Å². The van der Waals surface area contributed by atoms with Gasteiger partial charge in [0.2, 0.25) is 0 Å². The van der Waals surface area contributed by atoms with Gasteiger partial charge in [-0.15, -0.1) is 0 Å². The Morgan fingerprint density at radius 2 is 2.00 bits per heavy atom. The van der Waals surface area contributed by atoms with Crippen LogP contribution in [0.4, 0.5) is 19.0 Å². The topological polar surface area (TPSA) is 81.1 Å². The van der Waals surface area contributed by atoms with Crippen LogP contribution in [0.25, 0.3) is 11.3 Å². The summed E-state index contributed by atoms with van der Waals surface area (Å²) in [7, 11) is 1.48. The summed E-state index contributed by atoms with van der Waals surface area (Å²) >= 11 is 6.64. The molecule has 1 fully saturated rings. The Balaban J connectivity index is 1.74. The van der Waals surface area contributed by atoms with E-state index in [1.807, 2.05) is 6.92 Å². The zero-order valence-electron chi connectivity index (χ0n) is 20.3. The molecule has 2 aromatic heterocycles. The maximum absolute atomic E-state index is 12.9. The minimum Gasteiger partial charge on any atom is -0.496 e. The lowest BCUT2D eigenvalue weighted by molar-refractivity contribution is -0.134. The van der Waals surface area contributed by atoms with Crippen LogP contribution in [-0.2, 0) is 6.54 Å². The number of amides is 1. The number of ether oxygens (including phenoxy) is 1. The fourth-order valence-corrected chi connectivity index (χ4v) is 4.63.